The molecule has 3 N–H and O–H groups in total. The van der Waals surface area contributed by atoms with E-state index in [4.69, 9.17) is 0 Å². The standard InChI is InChI=1S/C18H24N6O2/c1-12(2)14-9-15(23-22-14)18(26)24-8-7-19-11-16(24)17(25)21-10-13-5-3-4-6-20-13/h3-6,9,12,16,19H,7-8,10-11H2,1-2H3,(H,21,25)(H,22,23)/t16-/m1/s1. The van der Waals surface area contributed by atoms with Crippen LogP contribution in [-0.2, 0) is 11.3 Å². The highest BCUT2D eigenvalue weighted by atomic mass is 16.2. The maximum atomic E-state index is 12.8. The molecule has 0 radical (unpaired) electrons. The average molecular weight is 356 g/mol. The first-order valence-corrected chi connectivity index (χ1v) is 8.81. The molecule has 0 bridgehead atoms. The molecule has 1 atom stereocenters. The van der Waals surface area contributed by atoms with Crippen LogP contribution < -0.4 is 10.6 Å². The Morgan fingerprint density at radius 1 is 1.38 bits per heavy atom. The Hall–Kier alpha value is -2.74. The Morgan fingerprint density at radius 2 is 2.23 bits per heavy atom. The highest BCUT2D eigenvalue weighted by Crippen LogP contribution is 2.15. The second-order valence-corrected chi connectivity index (χ2v) is 6.62. The molecule has 2 aromatic rings. The van der Waals surface area contributed by atoms with E-state index in [2.05, 4.69) is 25.8 Å². The van der Waals surface area contributed by atoms with Gasteiger partial charge in [0.15, 0.2) is 0 Å². The number of piperazine rings is 1. The van der Waals surface area contributed by atoms with Gasteiger partial charge in [0.1, 0.15) is 11.7 Å². The van der Waals surface area contributed by atoms with E-state index in [0.717, 1.165) is 11.4 Å². The lowest BCUT2D eigenvalue weighted by Crippen LogP contribution is -2.59. The summed E-state index contributed by atoms with van der Waals surface area (Å²) < 4.78 is 0. The van der Waals surface area contributed by atoms with Gasteiger partial charge < -0.3 is 15.5 Å². The van der Waals surface area contributed by atoms with Gasteiger partial charge in [0.25, 0.3) is 5.91 Å². The zero-order valence-electron chi connectivity index (χ0n) is 15.0. The molecular weight excluding hydrogens is 332 g/mol. The number of carbonyl (C=O) groups is 2. The molecule has 0 aromatic carbocycles. The number of nitrogens with zero attached hydrogens (tertiary/aromatic N) is 3. The van der Waals surface area contributed by atoms with E-state index in [1.807, 2.05) is 32.0 Å². The minimum atomic E-state index is -0.570. The number of pyridine rings is 1. The van der Waals surface area contributed by atoms with E-state index in [0.29, 0.717) is 31.9 Å². The Kier molecular flexibility index (Phi) is 5.62. The molecule has 2 aromatic heterocycles. The summed E-state index contributed by atoms with van der Waals surface area (Å²) in [6.45, 7) is 5.92. The van der Waals surface area contributed by atoms with Crippen LogP contribution in [0, 0.1) is 0 Å². The van der Waals surface area contributed by atoms with Crippen LogP contribution in [0.3, 0.4) is 0 Å². The fourth-order valence-corrected chi connectivity index (χ4v) is 2.87. The molecular formula is C18H24N6O2. The smallest absolute Gasteiger partial charge is 0.275 e. The first-order chi connectivity index (χ1) is 12.6. The van der Waals surface area contributed by atoms with E-state index < -0.39 is 6.04 Å². The molecule has 1 aliphatic rings. The molecule has 138 valence electrons. The fourth-order valence-electron chi connectivity index (χ4n) is 2.87. The summed E-state index contributed by atoms with van der Waals surface area (Å²) >= 11 is 0. The van der Waals surface area contributed by atoms with E-state index in [1.165, 1.54) is 0 Å². The van der Waals surface area contributed by atoms with Crippen molar-refractivity contribution >= 4 is 11.8 Å². The lowest BCUT2D eigenvalue weighted by atomic mass is 10.1. The molecule has 1 aliphatic heterocycles. The van der Waals surface area contributed by atoms with Gasteiger partial charge in [0, 0.05) is 31.5 Å². The molecule has 0 unspecified atom stereocenters. The Morgan fingerprint density at radius 3 is 2.92 bits per heavy atom. The first-order valence-electron chi connectivity index (χ1n) is 8.81. The van der Waals surface area contributed by atoms with Crippen LogP contribution in [-0.4, -0.2) is 57.6 Å². The fraction of sp³-hybridized carbons (Fsp3) is 0.444. The SMILES string of the molecule is CC(C)c1cc(C(=O)N2CCNC[C@@H]2C(=O)NCc2ccccn2)n[nH]1. The number of carbonyl (C=O) groups excluding carboxylic acids is 2. The van der Waals surface area contributed by atoms with Gasteiger partial charge in [-0.25, -0.2) is 0 Å². The summed E-state index contributed by atoms with van der Waals surface area (Å²) in [6.07, 6.45) is 1.68. The zero-order chi connectivity index (χ0) is 18.5. The molecule has 0 spiro atoms. The Bertz CT molecular complexity index is 758. The predicted molar refractivity (Wildman–Crippen MR) is 96.5 cm³/mol. The summed E-state index contributed by atoms with van der Waals surface area (Å²) in [5.74, 6) is -0.173. The van der Waals surface area contributed by atoms with Gasteiger partial charge in [0.05, 0.1) is 12.2 Å². The van der Waals surface area contributed by atoms with Crippen molar-refractivity contribution < 1.29 is 9.59 Å². The molecule has 3 heterocycles. The van der Waals surface area contributed by atoms with Crippen molar-refractivity contribution in [2.24, 2.45) is 0 Å². The van der Waals surface area contributed by atoms with Crippen LogP contribution in [0.4, 0.5) is 0 Å². The van der Waals surface area contributed by atoms with Crippen molar-refractivity contribution in [3.63, 3.8) is 0 Å². The second-order valence-electron chi connectivity index (χ2n) is 6.62. The monoisotopic (exact) mass is 356 g/mol. The molecule has 0 aliphatic carbocycles. The van der Waals surface area contributed by atoms with Crippen LogP contribution in [0.2, 0.25) is 0 Å². The Balaban J connectivity index is 1.68. The number of amides is 2. The van der Waals surface area contributed by atoms with Gasteiger partial charge in [-0.2, -0.15) is 5.10 Å². The molecule has 1 fully saturated rings. The van der Waals surface area contributed by atoms with Gasteiger partial charge >= 0.3 is 0 Å². The molecule has 1 saturated heterocycles. The number of aromatic nitrogens is 3. The van der Waals surface area contributed by atoms with Crippen molar-refractivity contribution in [3.05, 3.63) is 47.5 Å². The van der Waals surface area contributed by atoms with Crippen molar-refractivity contribution in [1.29, 1.82) is 0 Å². The third kappa shape index (κ3) is 4.08. The van der Waals surface area contributed by atoms with Gasteiger partial charge in [-0.05, 0) is 24.1 Å². The van der Waals surface area contributed by atoms with Crippen molar-refractivity contribution in [2.75, 3.05) is 19.6 Å². The van der Waals surface area contributed by atoms with Crippen LogP contribution in [0.15, 0.2) is 30.5 Å². The van der Waals surface area contributed by atoms with Crippen LogP contribution >= 0.6 is 0 Å². The molecule has 8 heteroatoms. The van der Waals surface area contributed by atoms with E-state index >= 15 is 0 Å². The quantitative estimate of drug-likeness (QED) is 0.730. The predicted octanol–water partition coefficient (Wildman–Crippen LogP) is 0.659. The maximum Gasteiger partial charge on any atom is 0.275 e. The molecule has 2 amide bonds. The number of hydrogen-bond acceptors (Lipinski definition) is 5. The number of H-pyrrole nitrogens is 1. The number of hydrogen-bond donors (Lipinski definition) is 3. The van der Waals surface area contributed by atoms with E-state index in [9.17, 15) is 9.59 Å². The van der Waals surface area contributed by atoms with Crippen LogP contribution in [0.1, 0.15) is 41.6 Å². The second kappa shape index (κ2) is 8.09. The van der Waals surface area contributed by atoms with Gasteiger partial charge in [-0.15, -0.1) is 0 Å². The number of rotatable bonds is 5. The summed E-state index contributed by atoms with van der Waals surface area (Å²) in [6, 6.07) is 6.74. The van der Waals surface area contributed by atoms with Crippen molar-refractivity contribution in [2.45, 2.75) is 32.4 Å². The normalized spacial score (nSPS) is 17.3. The summed E-state index contributed by atoms with van der Waals surface area (Å²) in [5, 5.41) is 13.1. The van der Waals surface area contributed by atoms with Gasteiger partial charge in [-0.3, -0.25) is 19.7 Å². The maximum absolute atomic E-state index is 12.8. The molecule has 3 rings (SSSR count). The largest absolute Gasteiger partial charge is 0.349 e. The minimum absolute atomic E-state index is 0.198. The zero-order valence-corrected chi connectivity index (χ0v) is 15.0. The van der Waals surface area contributed by atoms with E-state index in [1.54, 1.807) is 17.2 Å². The first kappa shape index (κ1) is 18.1. The lowest BCUT2D eigenvalue weighted by Gasteiger charge is -2.34. The average Bonchev–Trinajstić information content (AvgIpc) is 3.17. The van der Waals surface area contributed by atoms with Crippen molar-refractivity contribution in [1.82, 2.24) is 30.7 Å². The lowest BCUT2D eigenvalue weighted by molar-refractivity contribution is -0.126. The summed E-state index contributed by atoms with van der Waals surface area (Å²) in [4.78, 5) is 31.3. The topological polar surface area (TPSA) is 103 Å². The van der Waals surface area contributed by atoms with Crippen LogP contribution in [0.5, 0.6) is 0 Å². The van der Waals surface area contributed by atoms with Crippen LogP contribution in [0.25, 0.3) is 0 Å². The third-order valence-corrected chi connectivity index (χ3v) is 4.42. The highest BCUT2D eigenvalue weighted by Gasteiger charge is 2.33. The van der Waals surface area contributed by atoms with Gasteiger partial charge in [-0.1, -0.05) is 19.9 Å². The summed E-state index contributed by atoms with van der Waals surface area (Å²) in [5.41, 5.74) is 2.02. The Labute approximate surface area is 152 Å². The van der Waals surface area contributed by atoms with Crippen molar-refractivity contribution in [3.8, 4) is 0 Å². The minimum Gasteiger partial charge on any atom is -0.349 e. The molecule has 0 saturated carbocycles. The number of nitrogens with one attached hydrogen (secondary N) is 3. The molecule has 8 nitrogen and oxygen atoms in total. The third-order valence-electron chi connectivity index (χ3n) is 4.42. The molecule has 26 heavy (non-hydrogen) atoms. The summed E-state index contributed by atoms with van der Waals surface area (Å²) in [7, 11) is 0. The number of aromatic amines is 1. The highest BCUT2D eigenvalue weighted by molar-refractivity contribution is 5.96. The van der Waals surface area contributed by atoms with E-state index in [-0.39, 0.29) is 17.7 Å². The van der Waals surface area contributed by atoms with Gasteiger partial charge in [0.2, 0.25) is 5.91 Å².